The summed E-state index contributed by atoms with van der Waals surface area (Å²) in [4.78, 5) is 1.75. The van der Waals surface area contributed by atoms with Crippen LogP contribution in [0.5, 0.6) is 0 Å². The molecule has 0 rings (SSSR count). The topological polar surface area (TPSA) is 12.4 Å². The SMILES string of the molecule is CI=NF. The molecule has 0 bridgehead atoms. The van der Waals surface area contributed by atoms with Crippen molar-refractivity contribution in [1.82, 2.24) is 0 Å². The fourth-order valence-corrected chi connectivity index (χ4v) is 0. The van der Waals surface area contributed by atoms with Crippen LogP contribution in [0.4, 0.5) is 4.48 Å². The van der Waals surface area contributed by atoms with Crippen molar-refractivity contribution in [2.45, 2.75) is 0 Å². The summed E-state index contributed by atoms with van der Waals surface area (Å²) in [6, 6.07) is 0. The standard InChI is InChI=1S/CH3FIN/c1-3-4-2/h1H3. The lowest BCUT2D eigenvalue weighted by Gasteiger charge is -1.44. The summed E-state index contributed by atoms with van der Waals surface area (Å²) in [5, 5.41) is 0. The van der Waals surface area contributed by atoms with E-state index in [4.69, 9.17) is 0 Å². The minimum atomic E-state index is -0.431. The average Bonchev–Trinajstić information content (AvgIpc) is 1.37. The van der Waals surface area contributed by atoms with Crippen LogP contribution in [0.15, 0.2) is 3.37 Å². The van der Waals surface area contributed by atoms with Gasteiger partial charge in [0.05, 0.1) is 0 Å². The van der Waals surface area contributed by atoms with Crippen molar-refractivity contribution >= 4 is 21.0 Å². The molecule has 0 fully saturated rings. The summed E-state index contributed by atoms with van der Waals surface area (Å²) in [5.74, 6) is 0. The van der Waals surface area contributed by atoms with E-state index in [0.717, 1.165) is 0 Å². The first kappa shape index (κ1) is 4.46. The number of rotatable bonds is 0. The molecular formula is CH3FIN. The zero-order chi connectivity index (χ0) is 3.41. The quantitative estimate of drug-likeness (QED) is 0.392. The summed E-state index contributed by atoms with van der Waals surface area (Å²) in [6.07, 6.45) is 0. The maximum Gasteiger partial charge on any atom is 0.0284 e. The zero-order valence-electron chi connectivity index (χ0n) is 2.20. The molecule has 0 atom stereocenters. The molecule has 0 aliphatic carbocycles. The van der Waals surface area contributed by atoms with Crippen molar-refractivity contribution in [2.75, 3.05) is 4.93 Å². The predicted molar refractivity (Wildman–Crippen MR) is 23.5 cm³/mol. The van der Waals surface area contributed by atoms with E-state index >= 15 is 0 Å². The van der Waals surface area contributed by atoms with Crippen LogP contribution in [-0.2, 0) is 0 Å². The highest BCUT2D eigenvalue weighted by molar-refractivity contribution is 14.2. The van der Waals surface area contributed by atoms with Gasteiger partial charge in [-0.25, -0.2) is 0 Å². The van der Waals surface area contributed by atoms with Crippen LogP contribution in [0.3, 0.4) is 0 Å². The van der Waals surface area contributed by atoms with Crippen LogP contribution in [0.2, 0.25) is 0 Å². The van der Waals surface area contributed by atoms with Crippen LogP contribution in [0, 0.1) is 0 Å². The Labute approximate surface area is 34.3 Å². The molecule has 0 radical (unpaired) electrons. The molecule has 0 heterocycles. The van der Waals surface area contributed by atoms with Gasteiger partial charge in [0, 0.05) is 26.0 Å². The van der Waals surface area contributed by atoms with E-state index in [-0.39, 0.29) is 0 Å². The molecule has 0 unspecified atom stereocenters. The summed E-state index contributed by atoms with van der Waals surface area (Å²) in [5.41, 5.74) is 0. The number of hydrogen-bond acceptors (Lipinski definition) is 1. The van der Waals surface area contributed by atoms with Crippen molar-refractivity contribution in [1.29, 1.82) is 0 Å². The maximum absolute atomic E-state index is 10.4. The Morgan fingerprint density at radius 3 is 2.25 bits per heavy atom. The van der Waals surface area contributed by atoms with Gasteiger partial charge in [-0.05, 0) is 0 Å². The summed E-state index contributed by atoms with van der Waals surface area (Å²) in [7, 11) is 0. The number of halogens is 2. The lowest BCUT2D eigenvalue weighted by Crippen LogP contribution is -1.08. The fourth-order valence-electron chi connectivity index (χ4n) is 0. The molecule has 0 aromatic rings. The van der Waals surface area contributed by atoms with Gasteiger partial charge in [0.15, 0.2) is 0 Å². The van der Waals surface area contributed by atoms with Crippen molar-refractivity contribution in [3.63, 3.8) is 0 Å². The average molecular weight is 175 g/mol. The van der Waals surface area contributed by atoms with Crippen LogP contribution in [0.1, 0.15) is 0 Å². The van der Waals surface area contributed by atoms with Gasteiger partial charge in [-0.15, -0.1) is 0 Å². The summed E-state index contributed by atoms with van der Waals surface area (Å²) >= 11 is -0.431. The van der Waals surface area contributed by atoms with E-state index in [1.807, 2.05) is 0 Å². The minimum absolute atomic E-state index is 0.431. The van der Waals surface area contributed by atoms with E-state index in [9.17, 15) is 4.48 Å². The molecule has 3 heteroatoms. The molecule has 1 nitrogen and oxygen atoms in total. The second-order valence-corrected chi connectivity index (χ2v) is 1.56. The normalized spacial score (nSPS) is 11.5. The lowest BCUT2D eigenvalue weighted by atomic mass is 12.0. The first-order valence-corrected chi connectivity index (χ1v) is 3.84. The molecule has 4 heavy (non-hydrogen) atoms. The Kier molecular flexibility index (Phi) is 3.86. The van der Waals surface area contributed by atoms with Gasteiger partial charge in [-0.3, -0.25) is 0 Å². The van der Waals surface area contributed by atoms with Crippen molar-refractivity contribution in [2.24, 2.45) is 3.37 Å². The summed E-state index contributed by atoms with van der Waals surface area (Å²) < 4.78 is 12.7. The first-order chi connectivity index (χ1) is 1.91. The number of nitrogens with zero attached hydrogens (tertiary/aromatic N) is 1. The van der Waals surface area contributed by atoms with Crippen LogP contribution in [0.25, 0.3) is 0 Å². The van der Waals surface area contributed by atoms with E-state index in [0.29, 0.717) is 0 Å². The third-order valence-electron chi connectivity index (χ3n) is 0.0639. The Bertz CT molecular complexity index is 23.2. The molecule has 0 spiro atoms. The van der Waals surface area contributed by atoms with Crippen molar-refractivity contribution in [3.8, 4) is 0 Å². The molecule has 0 N–H and O–H groups in total. The third kappa shape index (κ3) is 2.46. The molecule has 26 valence electrons. The molecule has 0 amide bonds. The lowest BCUT2D eigenvalue weighted by molar-refractivity contribution is 0.561. The largest absolute Gasteiger partial charge is 0.0702 e. The highest BCUT2D eigenvalue weighted by Gasteiger charge is 1.39. The molecule has 0 aliphatic rings. The van der Waals surface area contributed by atoms with Crippen molar-refractivity contribution < 1.29 is 4.48 Å². The summed E-state index contributed by atoms with van der Waals surface area (Å²) in [6.45, 7) is 0. The van der Waals surface area contributed by atoms with Gasteiger partial charge in [0.25, 0.3) is 0 Å². The monoisotopic (exact) mass is 175 g/mol. The highest BCUT2D eigenvalue weighted by atomic mass is 127. The predicted octanol–water partition coefficient (Wildman–Crippen LogP) is 1.66. The third-order valence-corrected chi connectivity index (χ3v) is 0.429. The molecule has 0 saturated heterocycles. The van der Waals surface area contributed by atoms with Gasteiger partial charge < -0.3 is 0 Å². The van der Waals surface area contributed by atoms with E-state index in [1.165, 1.54) is 0 Å². The Hall–Kier alpha value is 0.460. The smallest absolute Gasteiger partial charge is 0.0284 e. The number of alkyl halides is 1. The second kappa shape index (κ2) is 3.46. The Morgan fingerprint density at radius 1 is 2.00 bits per heavy atom. The maximum atomic E-state index is 10.4. The molecule has 0 saturated carbocycles. The van der Waals surface area contributed by atoms with Gasteiger partial charge in [-0.1, -0.05) is 7.85 Å². The highest BCUT2D eigenvalue weighted by Crippen LogP contribution is 1.87. The fraction of sp³-hybridized carbons (Fsp3) is 1.00. The van der Waals surface area contributed by atoms with Gasteiger partial charge in [0.1, 0.15) is 0 Å². The second-order valence-electron chi connectivity index (χ2n) is 0.233. The van der Waals surface area contributed by atoms with Gasteiger partial charge in [0.2, 0.25) is 0 Å². The van der Waals surface area contributed by atoms with Crippen LogP contribution in [-0.4, -0.2) is 4.93 Å². The molecular weight excluding hydrogens is 172 g/mol. The van der Waals surface area contributed by atoms with E-state index < -0.39 is 21.0 Å². The zero-order valence-corrected chi connectivity index (χ0v) is 4.36. The number of hydrogen-bond donors (Lipinski definition) is 0. The molecule has 0 aromatic carbocycles. The molecule has 0 aromatic heterocycles. The van der Waals surface area contributed by atoms with E-state index in [2.05, 4.69) is 3.37 Å². The molecule has 0 aliphatic heterocycles. The minimum Gasteiger partial charge on any atom is -0.0702 e. The van der Waals surface area contributed by atoms with Crippen molar-refractivity contribution in [3.05, 3.63) is 0 Å². The Morgan fingerprint density at radius 2 is 2.25 bits per heavy atom. The Balaban J connectivity index is 2.55. The first-order valence-electron chi connectivity index (χ1n) is 0.716. The van der Waals surface area contributed by atoms with Gasteiger partial charge in [-0.2, -0.15) is 0 Å². The van der Waals surface area contributed by atoms with E-state index in [1.54, 1.807) is 4.93 Å². The van der Waals surface area contributed by atoms with Crippen LogP contribution < -0.4 is 0 Å². The van der Waals surface area contributed by atoms with Crippen LogP contribution >= 0.6 is 21.0 Å². The van der Waals surface area contributed by atoms with Gasteiger partial charge >= 0.3 is 0 Å².